The van der Waals surface area contributed by atoms with Crippen LogP contribution in [0.25, 0.3) is 0 Å². The van der Waals surface area contributed by atoms with Crippen LogP contribution < -0.4 is 9.62 Å². The van der Waals surface area contributed by atoms with E-state index in [4.69, 9.17) is 0 Å². The highest BCUT2D eigenvalue weighted by Gasteiger charge is 2.30. The molecule has 0 radical (unpaired) electrons. The van der Waals surface area contributed by atoms with Crippen molar-refractivity contribution in [2.45, 2.75) is 59.7 Å². The van der Waals surface area contributed by atoms with Gasteiger partial charge in [0.2, 0.25) is 21.8 Å². The monoisotopic (exact) mass is 473 g/mol. The Morgan fingerprint density at radius 1 is 1.00 bits per heavy atom. The molecule has 2 aromatic carbocycles. The van der Waals surface area contributed by atoms with Gasteiger partial charge < -0.3 is 10.2 Å². The fourth-order valence-corrected chi connectivity index (χ4v) is 4.18. The quantitative estimate of drug-likeness (QED) is 0.573. The van der Waals surface area contributed by atoms with Crippen molar-refractivity contribution in [1.29, 1.82) is 0 Å². The second-order valence-corrected chi connectivity index (χ2v) is 10.5. The van der Waals surface area contributed by atoms with E-state index >= 15 is 0 Å². The molecule has 33 heavy (non-hydrogen) atoms. The maximum absolute atomic E-state index is 13.5. The Labute approximate surface area is 197 Å². The van der Waals surface area contributed by atoms with E-state index in [0.717, 1.165) is 33.7 Å². The van der Waals surface area contributed by atoms with Gasteiger partial charge in [-0.15, -0.1) is 0 Å². The molecule has 0 aliphatic rings. The first-order valence-corrected chi connectivity index (χ1v) is 13.0. The van der Waals surface area contributed by atoms with E-state index in [9.17, 15) is 18.0 Å². The molecule has 0 saturated heterocycles. The molecule has 0 fully saturated rings. The topological polar surface area (TPSA) is 86.8 Å². The summed E-state index contributed by atoms with van der Waals surface area (Å²) in [6.07, 6.45) is 1.84. The molecule has 7 nitrogen and oxygen atoms in total. The smallest absolute Gasteiger partial charge is 0.244 e. The van der Waals surface area contributed by atoms with Crippen molar-refractivity contribution in [2.24, 2.45) is 0 Å². The summed E-state index contributed by atoms with van der Waals surface area (Å²) < 4.78 is 26.2. The highest BCUT2D eigenvalue weighted by Crippen LogP contribution is 2.20. The lowest BCUT2D eigenvalue weighted by molar-refractivity contribution is -0.139. The molecule has 0 aliphatic carbocycles. The number of carbonyl (C=O) groups excluding carboxylic acids is 2. The minimum Gasteiger partial charge on any atom is -0.352 e. The van der Waals surface area contributed by atoms with Crippen LogP contribution in [0.1, 0.15) is 43.9 Å². The van der Waals surface area contributed by atoms with Crippen molar-refractivity contribution >= 4 is 27.5 Å². The molecule has 0 unspecified atom stereocenters. The van der Waals surface area contributed by atoms with Crippen molar-refractivity contribution in [3.63, 3.8) is 0 Å². The Morgan fingerprint density at radius 2 is 1.64 bits per heavy atom. The fraction of sp³-hybridized carbons (Fsp3) is 0.440. The van der Waals surface area contributed by atoms with E-state index < -0.39 is 28.5 Å². The second kappa shape index (κ2) is 11.3. The zero-order valence-electron chi connectivity index (χ0n) is 20.3. The maximum atomic E-state index is 13.5. The molecule has 0 aromatic heterocycles. The molecule has 0 saturated carbocycles. The molecule has 8 heteroatoms. The van der Waals surface area contributed by atoms with Crippen molar-refractivity contribution in [3.8, 4) is 0 Å². The Hall–Kier alpha value is -2.87. The first-order valence-electron chi connectivity index (χ1n) is 11.1. The largest absolute Gasteiger partial charge is 0.352 e. The molecule has 0 aliphatic heterocycles. The Bertz CT molecular complexity index is 1070. The minimum absolute atomic E-state index is 0.0314. The Kier molecular flexibility index (Phi) is 9.05. The van der Waals surface area contributed by atoms with Crippen molar-refractivity contribution in [2.75, 3.05) is 17.1 Å². The van der Waals surface area contributed by atoms with E-state index in [1.54, 1.807) is 25.1 Å². The SMILES string of the molecule is CC[C@H](C)NC(=O)[C@@H](C)N(Cc1ccc(C)cc1)C(=O)CN(c1cccc(C)c1)S(C)(=O)=O. The van der Waals surface area contributed by atoms with Gasteiger partial charge in [0.25, 0.3) is 0 Å². The van der Waals surface area contributed by atoms with Gasteiger partial charge in [0.05, 0.1) is 11.9 Å². The Balaban J connectivity index is 2.37. The number of rotatable bonds is 10. The van der Waals surface area contributed by atoms with E-state index in [0.29, 0.717) is 5.69 Å². The predicted molar refractivity (Wildman–Crippen MR) is 132 cm³/mol. The van der Waals surface area contributed by atoms with Crippen LogP contribution in [0.5, 0.6) is 0 Å². The molecule has 2 atom stereocenters. The number of hydrogen-bond donors (Lipinski definition) is 1. The molecule has 0 spiro atoms. The number of aryl methyl sites for hydroxylation is 2. The molecular formula is C25H35N3O4S. The van der Waals surface area contributed by atoms with Crippen LogP contribution in [-0.2, 0) is 26.2 Å². The molecule has 180 valence electrons. The summed E-state index contributed by atoms with van der Waals surface area (Å²) in [6, 6.07) is 13.9. The van der Waals surface area contributed by atoms with Crippen LogP contribution in [0.4, 0.5) is 5.69 Å². The molecule has 0 bridgehead atoms. The Morgan fingerprint density at radius 3 is 2.18 bits per heavy atom. The predicted octanol–water partition coefficient (Wildman–Crippen LogP) is 3.40. The lowest BCUT2D eigenvalue weighted by Crippen LogP contribution is -2.52. The fourth-order valence-electron chi connectivity index (χ4n) is 3.34. The van der Waals surface area contributed by atoms with Gasteiger partial charge in [-0.2, -0.15) is 0 Å². The van der Waals surface area contributed by atoms with Gasteiger partial charge in [0.15, 0.2) is 0 Å². The van der Waals surface area contributed by atoms with Crippen molar-refractivity contribution in [3.05, 3.63) is 65.2 Å². The third-order valence-electron chi connectivity index (χ3n) is 5.61. The number of benzene rings is 2. The van der Waals surface area contributed by atoms with Crippen molar-refractivity contribution in [1.82, 2.24) is 10.2 Å². The summed E-state index contributed by atoms with van der Waals surface area (Å²) in [5, 5.41) is 2.92. The van der Waals surface area contributed by atoms with Gasteiger partial charge in [-0.05, 0) is 57.4 Å². The summed E-state index contributed by atoms with van der Waals surface area (Å²) >= 11 is 0. The number of anilines is 1. The summed E-state index contributed by atoms with van der Waals surface area (Å²) in [5.74, 6) is -0.722. The number of hydrogen-bond acceptors (Lipinski definition) is 4. The molecule has 2 aromatic rings. The van der Waals surface area contributed by atoms with Gasteiger partial charge in [0, 0.05) is 12.6 Å². The van der Waals surface area contributed by atoms with E-state index in [-0.39, 0.29) is 18.5 Å². The lowest BCUT2D eigenvalue weighted by Gasteiger charge is -2.32. The van der Waals surface area contributed by atoms with E-state index in [1.165, 1.54) is 4.90 Å². The van der Waals surface area contributed by atoms with E-state index in [2.05, 4.69) is 5.32 Å². The number of amides is 2. The van der Waals surface area contributed by atoms with Crippen LogP contribution in [0.2, 0.25) is 0 Å². The molecule has 2 amide bonds. The van der Waals surface area contributed by atoms with Gasteiger partial charge in [-0.3, -0.25) is 13.9 Å². The van der Waals surface area contributed by atoms with Gasteiger partial charge in [-0.1, -0.05) is 48.9 Å². The summed E-state index contributed by atoms with van der Waals surface area (Å²) in [4.78, 5) is 27.8. The third-order valence-corrected chi connectivity index (χ3v) is 6.75. The first-order chi connectivity index (χ1) is 15.4. The van der Waals surface area contributed by atoms with Crippen LogP contribution in [0, 0.1) is 13.8 Å². The van der Waals surface area contributed by atoms with Crippen LogP contribution >= 0.6 is 0 Å². The summed E-state index contributed by atoms with van der Waals surface area (Å²) in [6.45, 7) is 9.17. The first kappa shape index (κ1) is 26.4. The summed E-state index contributed by atoms with van der Waals surface area (Å²) in [5.41, 5.74) is 3.24. The van der Waals surface area contributed by atoms with Crippen LogP contribution in [0.3, 0.4) is 0 Å². The van der Waals surface area contributed by atoms with Gasteiger partial charge in [-0.25, -0.2) is 8.42 Å². The highest BCUT2D eigenvalue weighted by atomic mass is 32.2. The maximum Gasteiger partial charge on any atom is 0.244 e. The zero-order chi connectivity index (χ0) is 24.8. The molecular weight excluding hydrogens is 438 g/mol. The van der Waals surface area contributed by atoms with Crippen LogP contribution in [-0.4, -0.2) is 50.0 Å². The average molecular weight is 474 g/mol. The summed E-state index contributed by atoms with van der Waals surface area (Å²) in [7, 11) is -3.73. The number of sulfonamides is 1. The molecule has 2 rings (SSSR count). The third kappa shape index (κ3) is 7.60. The van der Waals surface area contributed by atoms with Gasteiger partial charge >= 0.3 is 0 Å². The zero-order valence-corrected chi connectivity index (χ0v) is 21.1. The van der Waals surface area contributed by atoms with E-state index in [1.807, 2.05) is 58.0 Å². The molecule has 0 heterocycles. The number of carbonyl (C=O) groups is 2. The minimum atomic E-state index is -3.73. The molecule has 1 N–H and O–H groups in total. The normalized spacial score (nSPS) is 13.2. The van der Waals surface area contributed by atoms with Crippen molar-refractivity contribution < 1.29 is 18.0 Å². The second-order valence-electron chi connectivity index (χ2n) is 8.61. The number of nitrogens with zero attached hydrogens (tertiary/aromatic N) is 2. The highest BCUT2D eigenvalue weighted by molar-refractivity contribution is 7.92. The average Bonchev–Trinajstić information content (AvgIpc) is 2.75. The lowest BCUT2D eigenvalue weighted by atomic mass is 10.1. The standard InChI is InChI=1S/C25H35N3O4S/c1-7-20(4)26-25(30)21(5)27(16-22-13-11-18(2)12-14-22)24(29)17-28(33(6,31)32)23-10-8-9-19(3)15-23/h8-15,20-21H,7,16-17H2,1-6H3,(H,26,30)/t20-,21+/m0/s1. The van der Waals surface area contributed by atoms with Crippen LogP contribution in [0.15, 0.2) is 48.5 Å². The number of nitrogens with one attached hydrogen (secondary N) is 1. The van der Waals surface area contributed by atoms with Gasteiger partial charge in [0.1, 0.15) is 12.6 Å².